The second kappa shape index (κ2) is 4.94. The molecule has 0 amide bonds. The van der Waals surface area contributed by atoms with Gasteiger partial charge in [0, 0.05) is 4.48 Å². The highest BCUT2D eigenvalue weighted by atomic mass is 79.9. The zero-order valence-corrected chi connectivity index (χ0v) is 10.5. The van der Waals surface area contributed by atoms with E-state index in [-0.39, 0.29) is 17.3 Å². The number of rotatable bonds is 4. The Morgan fingerprint density at radius 1 is 1.56 bits per heavy atom. The van der Waals surface area contributed by atoms with Crippen molar-refractivity contribution in [1.82, 2.24) is 0 Å². The summed E-state index contributed by atoms with van der Waals surface area (Å²) in [4.78, 5) is -0.388. The molecular weight excluding hydrogens is 301 g/mol. The van der Waals surface area contributed by atoms with Crippen LogP contribution in [-0.4, -0.2) is 15.0 Å². The van der Waals surface area contributed by atoms with E-state index < -0.39 is 15.8 Å². The topological polar surface area (TPSA) is 69.4 Å². The molecule has 1 rings (SSSR count). The van der Waals surface area contributed by atoms with Gasteiger partial charge in [-0.3, -0.25) is 0 Å². The molecule has 1 aromatic rings. The molecule has 0 aliphatic rings. The SMILES string of the molecule is C=C(Br)COc1ccc(F)cc1S(N)(=O)=O. The van der Waals surface area contributed by atoms with Crippen molar-refractivity contribution in [3.63, 3.8) is 0 Å². The lowest BCUT2D eigenvalue weighted by molar-refractivity contribution is 0.350. The number of primary sulfonamides is 1. The Balaban J connectivity index is 3.13. The van der Waals surface area contributed by atoms with Gasteiger partial charge in [0.1, 0.15) is 23.1 Å². The average molecular weight is 310 g/mol. The molecule has 1 aromatic carbocycles. The number of benzene rings is 1. The van der Waals surface area contributed by atoms with Crippen molar-refractivity contribution in [1.29, 1.82) is 0 Å². The first-order valence-electron chi connectivity index (χ1n) is 4.09. The van der Waals surface area contributed by atoms with Gasteiger partial charge >= 0.3 is 0 Å². The van der Waals surface area contributed by atoms with Crippen molar-refractivity contribution in [3.8, 4) is 5.75 Å². The summed E-state index contributed by atoms with van der Waals surface area (Å²) in [5.74, 6) is -0.710. The molecule has 0 aliphatic heterocycles. The van der Waals surface area contributed by atoms with Crippen LogP contribution in [0.3, 0.4) is 0 Å². The van der Waals surface area contributed by atoms with E-state index in [1.165, 1.54) is 6.07 Å². The summed E-state index contributed by atoms with van der Waals surface area (Å²) < 4.78 is 40.8. The van der Waals surface area contributed by atoms with E-state index in [1.54, 1.807) is 0 Å². The van der Waals surface area contributed by atoms with Gasteiger partial charge in [0.15, 0.2) is 0 Å². The molecule has 16 heavy (non-hydrogen) atoms. The Morgan fingerprint density at radius 3 is 2.69 bits per heavy atom. The fraction of sp³-hybridized carbons (Fsp3) is 0.111. The monoisotopic (exact) mass is 309 g/mol. The summed E-state index contributed by atoms with van der Waals surface area (Å²) in [6, 6.07) is 3.09. The highest BCUT2D eigenvalue weighted by Gasteiger charge is 2.16. The summed E-state index contributed by atoms with van der Waals surface area (Å²) in [7, 11) is -4.01. The molecule has 0 saturated heterocycles. The van der Waals surface area contributed by atoms with Crippen molar-refractivity contribution in [2.75, 3.05) is 6.61 Å². The predicted molar refractivity (Wildman–Crippen MR) is 61.3 cm³/mol. The summed E-state index contributed by atoms with van der Waals surface area (Å²) >= 11 is 3.05. The van der Waals surface area contributed by atoms with Gasteiger partial charge in [0.2, 0.25) is 10.0 Å². The zero-order chi connectivity index (χ0) is 12.3. The summed E-state index contributed by atoms with van der Waals surface area (Å²) in [5.41, 5.74) is 0. The van der Waals surface area contributed by atoms with Crippen molar-refractivity contribution in [2.45, 2.75) is 4.90 Å². The van der Waals surface area contributed by atoms with Crippen molar-refractivity contribution in [3.05, 3.63) is 35.1 Å². The first-order valence-corrected chi connectivity index (χ1v) is 6.43. The normalized spacial score (nSPS) is 11.2. The second-order valence-electron chi connectivity index (χ2n) is 2.94. The fourth-order valence-corrected chi connectivity index (χ4v) is 1.78. The van der Waals surface area contributed by atoms with Crippen LogP contribution in [0.15, 0.2) is 34.2 Å². The van der Waals surface area contributed by atoms with E-state index in [2.05, 4.69) is 22.5 Å². The Kier molecular flexibility index (Phi) is 4.06. The maximum Gasteiger partial charge on any atom is 0.241 e. The van der Waals surface area contributed by atoms with Crippen molar-refractivity contribution in [2.24, 2.45) is 5.14 Å². The van der Waals surface area contributed by atoms with Gasteiger partial charge < -0.3 is 4.74 Å². The van der Waals surface area contributed by atoms with E-state index in [4.69, 9.17) is 9.88 Å². The van der Waals surface area contributed by atoms with Crippen molar-refractivity contribution < 1.29 is 17.5 Å². The third kappa shape index (κ3) is 3.58. The minimum Gasteiger partial charge on any atom is -0.487 e. The molecular formula is C9H9BrFNO3S. The first kappa shape index (κ1) is 13.1. The number of sulfonamides is 1. The number of ether oxygens (including phenoxy) is 1. The summed E-state index contributed by atoms with van der Waals surface area (Å²) in [6.45, 7) is 3.58. The van der Waals surface area contributed by atoms with Gasteiger partial charge in [0.25, 0.3) is 0 Å². The van der Waals surface area contributed by atoms with Crippen LogP contribution in [0.4, 0.5) is 4.39 Å². The lowest BCUT2D eigenvalue weighted by Crippen LogP contribution is -2.14. The Bertz CT molecular complexity index is 515. The van der Waals surface area contributed by atoms with Crippen LogP contribution < -0.4 is 9.88 Å². The average Bonchev–Trinajstić information content (AvgIpc) is 2.14. The summed E-state index contributed by atoms with van der Waals surface area (Å²) in [5, 5.41) is 4.92. The lowest BCUT2D eigenvalue weighted by Gasteiger charge is -2.09. The van der Waals surface area contributed by atoms with E-state index in [1.807, 2.05) is 0 Å². The number of halogens is 2. The number of hydrogen-bond acceptors (Lipinski definition) is 3. The number of nitrogens with two attached hydrogens (primary N) is 1. The van der Waals surface area contributed by atoms with Gasteiger partial charge in [-0.15, -0.1) is 0 Å². The maximum absolute atomic E-state index is 12.9. The van der Waals surface area contributed by atoms with Crippen LogP contribution in [-0.2, 0) is 10.0 Å². The van der Waals surface area contributed by atoms with Crippen LogP contribution in [0.5, 0.6) is 5.75 Å². The highest BCUT2D eigenvalue weighted by Crippen LogP contribution is 2.24. The van der Waals surface area contributed by atoms with Crippen LogP contribution >= 0.6 is 15.9 Å². The Labute approximate surface area is 101 Å². The minimum atomic E-state index is -4.01. The fourth-order valence-electron chi connectivity index (χ4n) is 0.980. The van der Waals surface area contributed by atoms with Gasteiger partial charge in [-0.1, -0.05) is 22.5 Å². The van der Waals surface area contributed by atoms with Gasteiger partial charge in [-0.05, 0) is 18.2 Å². The molecule has 0 fully saturated rings. The molecule has 0 spiro atoms. The molecule has 0 aliphatic carbocycles. The van der Waals surface area contributed by atoms with Gasteiger partial charge in [0.05, 0.1) is 0 Å². The lowest BCUT2D eigenvalue weighted by atomic mass is 10.3. The third-order valence-corrected chi connectivity index (χ3v) is 2.76. The molecule has 0 saturated carbocycles. The third-order valence-electron chi connectivity index (χ3n) is 1.60. The van der Waals surface area contributed by atoms with Crippen LogP contribution in [0.2, 0.25) is 0 Å². The minimum absolute atomic E-state index is 0.00972. The van der Waals surface area contributed by atoms with Crippen LogP contribution in [0, 0.1) is 5.82 Å². The molecule has 0 radical (unpaired) electrons. The first-order chi connectivity index (χ1) is 7.30. The molecule has 0 unspecified atom stereocenters. The molecule has 2 N–H and O–H groups in total. The Morgan fingerprint density at radius 2 is 2.19 bits per heavy atom. The molecule has 7 heteroatoms. The molecule has 0 heterocycles. The van der Waals surface area contributed by atoms with Gasteiger partial charge in [-0.25, -0.2) is 17.9 Å². The smallest absolute Gasteiger partial charge is 0.241 e. The Hall–Kier alpha value is -0.920. The molecule has 0 aromatic heterocycles. The quantitative estimate of drug-likeness (QED) is 0.921. The van der Waals surface area contributed by atoms with E-state index in [9.17, 15) is 12.8 Å². The highest BCUT2D eigenvalue weighted by molar-refractivity contribution is 9.11. The largest absolute Gasteiger partial charge is 0.487 e. The molecule has 88 valence electrons. The number of hydrogen-bond donors (Lipinski definition) is 1. The predicted octanol–water partition coefficient (Wildman–Crippen LogP) is 1.76. The van der Waals surface area contributed by atoms with Crippen molar-refractivity contribution >= 4 is 26.0 Å². The molecule has 4 nitrogen and oxygen atoms in total. The van der Waals surface area contributed by atoms with E-state index in [0.29, 0.717) is 4.48 Å². The van der Waals surface area contributed by atoms with Crippen LogP contribution in [0.1, 0.15) is 0 Å². The molecule has 0 atom stereocenters. The van der Waals surface area contributed by atoms with Crippen LogP contribution in [0.25, 0.3) is 0 Å². The second-order valence-corrected chi connectivity index (χ2v) is 5.59. The molecule has 0 bridgehead atoms. The summed E-state index contributed by atoms with van der Waals surface area (Å²) in [6.07, 6.45) is 0. The maximum atomic E-state index is 12.9. The van der Waals surface area contributed by atoms with E-state index >= 15 is 0 Å². The van der Waals surface area contributed by atoms with E-state index in [0.717, 1.165) is 12.1 Å². The van der Waals surface area contributed by atoms with Gasteiger partial charge in [-0.2, -0.15) is 0 Å². The zero-order valence-electron chi connectivity index (χ0n) is 8.11. The standard InChI is InChI=1S/C9H9BrFNO3S/c1-6(10)5-15-8-3-2-7(11)4-9(8)16(12,13)14/h2-4H,1,5H2,(H2,12,13,14).